The number of fused-ring (bicyclic) bond motifs is 5. The molecule has 0 fully saturated rings. The molecule has 2 nitrogen and oxygen atoms in total. The summed E-state index contributed by atoms with van der Waals surface area (Å²) in [6.07, 6.45) is 0. The third kappa shape index (κ3) is 5.95. The quantitative estimate of drug-likeness (QED) is 0.160. The fourth-order valence-corrected chi connectivity index (χ4v) is 10.2. The summed E-state index contributed by atoms with van der Waals surface area (Å²) in [5.41, 5.74) is 16.7. The molecule has 1 aliphatic carbocycles. The van der Waals surface area contributed by atoms with Gasteiger partial charge in [0, 0.05) is 16.7 Å². The first kappa shape index (κ1) is 36.6. The molecule has 0 aliphatic heterocycles. The highest BCUT2D eigenvalue weighted by molar-refractivity contribution is 6.07. The molecule has 0 bridgehead atoms. The Bertz CT molecular complexity index is 3450. The van der Waals surface area contributed by atoms with Crippen LogP contribution in [-0.2, 0) is 5.41 Å². The highest BCUT2D eigenvalue weighted by atomic mass is 14.9. The number of benzene rings is 10. The maximum absolute atomic E-state index is 5.36. The van der Waals surface area contributed by atoms with Crippen molar-refractivity contribution in [3.63, 3.8) is 0 Å². The highest BCUT2D eigenvalue weighted by Crippen LogP contribution is 2.57. The van der Waals surface area contributed by atoms with Crippen LogP contribution in [0.4, 0.5) is 0 Å². The summed E-state index contributed by atoms with van der Waals surface area (Å²) < 4.78 is 0. The van der Waals surface area contributed by atoms with E-state index in [1.807, 2.05) is 6.07 Å². The van der Waals surface area contributed by atoms with Gasteiger partial charge < -0.3 is 0 Å². The van der Waals surface area contributed by atoms with Crippen molar-refractivity contribution in [2.75, 3.05) is 0 Å². The third-order valence-electron chi connectivity index (χ3n) is 13.0. The molecule has 0 unspecified atom stereocenters. The van der Waals surface area contributed by atoms with Crippen molar-refractivity contribution in [2.24, 2.45) is 0 Å². The second kappa shape index (κ2) is 15.1. The fourth-order valence-electron chi connectivity index (χ4n) is 10.2. The average Bonchev–Trinajstić information content (AvgIpc) is 3.67. The molecule has 0 saturated heterocycles. The molecule has 12 rings (SSSR count). The molecule has 10 aromatic carbocycles. The van der Waals surface area contributed by atoms with Crippen LogP contribution in [0.2, 0.25) is 0 Å². The molecule has 1 heterocycles. The molecule has 0 radical (unpaired) electrons. The van der Waals surface area contributed by atoms with E-state index in [1.54, 1.807) is 0 Å². The zero-order chi connectivity index (χ0) is 41.7. The van der Waals surface area contributed by atoms with Gasteiger partial charge in [0.05, 0.1) is 16.8 Å². The summed E-state index contributed by atoms with van der Waals surface area (Å²) in [4.78, 5) is 10.7. The van der Waals surface area contributed by atoms with E-state index in [0.717, 1.165) is 39.0 Å². The first-order valence-corrected chi connectivity index (χ1v) is 21.7. The van der Waals surface area contributed by atoms with Crippen molar-refractivity contribution in [1.29, 1.82) is 0 Å². The molecule has 63 heavy (non-hydrogen) atoms. The smallest absolute Gasteiger partial charge is 0.160 e. The van der Waals surface area contributed by atoms with Crippen LogP contribution in [0.3, 0.4) is 0 Å². The first-order chi connectivity index (χ1) is 31.3. The average molecular weight is 801 g/mol. The maximum atomic E-state index is 5.36. The normalized spacial score (nSPS) is 12.6. The summed E-state index contributed by atoms with van der Waals surface area (Å²) >= 11 is 0. The topological polar surface area (TPSA) is 25.8 Å². The monoisotopic (exact) mass is 800 g/mol. The molecule has 294 valence electrons. The van der Waals surface area contributed by atoms with Crippen molar-refractivity contribution in [3.8, 4) is 67.3 Å². The van der Waals surface area contributed by atoms with Gasteiger partial charge in [0.2, 0.25) is 0 Å². The van der Waals surface area contributed by atoms with Gasteiger partial charge in [-0.05, 0) is 89.3 Å². The van der Waals surface area contributed by atoms with Crippen molar-refractivity contribution in [2.45, 2.75) is 5.41 Å². The van der Waals surface area contributed by atoms with Crippen LogP contribution in [0.25, 0.3) is 88.8 Å². The largest absolute Gasteiger partial charge is 0.228 e. The lowest BCUT2D eigenvalue weighted by Crippen LogP contribution is -2.28. The summed E-state index contributed by atoms with van der Waals surface area (Å²) in [5, 5.41) is 4.70. The molecule has 11 aromatic rings. The van der Waals surface area contributed by atoms with E-state index in [2.05, 4.69) is 237 Å². The van der Waals surface area contributed by atoms with Gasteiger partial charge in [-0.2, -0.15) is 0 Å². The number of hydrogen-bond acceptors (Lipinski definition) is 2. The summed E-state index contributed by atoms with van der Waals surface area (Å²) in [7, 11) is 0. The van der Waals surface area contributed by atoms with E-state index in [9.17, 15) is 0 Å². The molecule has 0 spiro atoms. The van der Waals surface area contributed by atoms with Crippen LogP contribution in [0, 0.1) is 0 Å². The molecule has 0 N–H and O–H groups in total. The summed E-state index contributed by atoms with van der Waals surface area (Å²) in [5.74, 6) is 0.694. The Morgan fingerprint density at radius 3 is 1.48 bits per heavy atom. The molecular weight excluding hydrogens is 761 g/mol. The SMILES string of the molecule is c1ccc(-c2nc(-c3ccc4ccccc4c3-c3ccccc3)cc(-c3ccc(-c4ccc5c(c4)C(c4ccccc4)(c4ccccc4)c4ccccc4-5)c4ccccc34)n2)cc1. The molecule has 1 aromatic heterocycles. The van der Waals surface area contributed by atoms with E-state index in [1.165, 1.54) is 66.2 Å². The molecular formula is C61H40N2. The van der Waals surface area contributed by atoms with Gasteiger partial charge in [-0.3, -0.25) is 0 Å². The lowest BCUT2D eigenvalue weighted by atomic mass is 9.67. The van der Waals surface area contributed by atoms with Crippen molar-refractivity contribution in [1.82, 2.24) is 9.97 Å². The fraction of sp³-hybridized carbons (Fsp3) is 0.0164. The van der Waals surface area contributed by atoms with Crippen LogP contribution in [0.5, 0.6) is 0 Å². The Kier molecular flexibility index (Phi) is 8.76. The minimum absolute atomic E-state index is 0.479. The van der Waals surface area contributed by atoms with E-state index in [-0.39, 0.29) is 0 Å². The van der Waals surface area contributed by atoms with Gasteiger partial charge in [0.25, 0.3) is 0 Å². The van der Waals surface area contributed by atoms with E-state index in [0.29, 0.717) is 5.82 Å². The van der Waals surface area contributed by atoms with Crippen LogP contribution in [-0.4, -0.2) is 9.97 Å². The first-order valence-electron chi connectivity index (χ1n) is 21.7. The Morgan fingerprint density at radius 1 is 0.286 bits per heavy atom. The number of nitrogens with zero attached hydrogens (tertiary/aromatic N) is 2. The third-order valence-corrected chi connectivity index (χ3v) is 13.0. The number of aromatic nitrogens is 2. The Balaban J connectivity index is 1.07. The summed E-state index contributed by atoms with van der Waals surface area (Å²) in [6.45, 7) is 0. The van der Waals surface area contributed by atoms with E-state index < -0.39 is 5.41 Å². The summed E-state index contributed by atoms with van der Waals surface area (Å²) in [6, 6.07) is 87.7. The minimum Gasteiger partial charge on any atom is -0.228 e. The standard InChI is InChI=1S/C61H40N2/c1-5-20-42(21-6-1)59-48-28-14-13-19-41(48)33-36-54(59)58-40-57(62-60(63-58)43-22-7-2-8-23-43)53-38-37-47(49-29-15-16-30-50(49)53)44-34-35-52-51-31-17-18-32-55(51)61(56(52)39-44,45-24-9-3-10-25-45)46-26-11-4-12-27-46/h1-40H. The Hall–Kier alpha value is -8.20. The second-order valence-corrected chi connectivity index (χ2v) is 16.4. The maximum Gasteiger partial charge on any atom is 0.160 e. The molecule has 2 heteroatoms. The van der Waals surface area contributed by atoms with E-state index in [4.69, 9.17) is 9.97 Å². The van der Waals surface area contributed by atoms with Crippen LogP contribution >= 0.6 is 0 Å². The number of rotatable bonds is 7. The van der Waals surface area contributed by atoms with Gasteiger partial charge in [0.1, 0.15) is 0 Å². The van der Waals surface area contributed by atoms with Crippen LogP contribution < -0.4 is 0 Å². The second-order valence-electron chi connectivity index (χ2n) is 16.4. The molecule has 0 atom stereocenters. The lowest BCUT2D eigenvalue weighted by molar-refractivity contribution is 0.769. The van der Waals surface area contributed by atoms with Gasteiger partial charge in [-0.1, -0.05) is 231 Å². The van der Waals surface area contributed by atoms with Gasteiger partial charge >= 0.3 is 0 Å². The predicted octanol–water partition coefficient (Wildman–Crippen LogP) is 15.5. The van der Waals surface area contributed by atoms with Crippen LogP contribution in [0.15, 0.2) is 243 Å². The van der Waals surface area contributed by atoms with Gasteiger partial charge in [-0.15, -0.1) is 0 Å². The minimum atomic E-state index is -0.479. The number of hydrogen-bond donors (Lipinski definition) is 0. The van der Waals surface area contributed by atoms with E-state index >= 15 is 0 Å². The van der Waals surface area contributed by atoms with Gasteiger partial charge in [-0.25, -0.2) is 9.97 Å². The van der Waals surface area contributed by atoms with Crippen molar-refractivity contribution in [3.05, 3.63) is 265 Å². The highest BCUT2D eigenvalue weighted by Gasteiger charge is 2.46. The lowest BCUT2D eigenvalue weighted by Gasteiger charge is -2.34. The van der Waals surface area contributed by atoms with Crippen molar-refractivity contribution < 1.29 is 0 Å². The zero-order valence-electron chi connectivity index (χ0n) is 34.5. The molecule has 0 saturated carbocycles. The van der Waals surface area contributed by atoms with Crippen molar-refractivity contribution >= 4 is 21.5 Å². The Labute approximate surface area is 367 Å². The van der Waals surface area contributed by atoms with Crippen LogP contribution in [0.1, 0.15) is 22.3 Å². The predicted molar refractivity (Wildman–Crippen MR) is 262 cm³/mol. The molecule has 1 aliphatic rings. The molecule has 0 amide bonds. The van der Waals surface area contributed by atoms with Gasteiger partial charge in [0.15, 0.2) is 5.82 Å². The zero-order valence-corrected chi connectivity index (χ0v) is 34.5. The Morgan fingerprint density at radius 2 is 0.778 bits per heavy atom.